The van der Waals surface area contributed by atoms with Crippen molar-refractivity contribution in [2.24, 2.45) is 11.3 Å². The van der Waals surface area contributed by atoms with Gasteiger partial charge in [-0.25, -0.2) is 0 Å². The van der Waals surface area contributed by atoms with E-state index in [9.17, 15) is 0 Å². The van der Waals surface area contributed by atoms with Crippen LogP contribution in [0.15, 0.2) is 0 Å². The van der Waals surface area contributed by atoms with Crippen LogP contribution in [-0.2, 0) is 4.74 Å². The zero-order chi connectivity index (χ0) is 13.0. The topological polar surface area (TPSA) is 21.3 Å². The van der Waals surface area contributed by atoms with Crippen LogP contribution in [0.1, 0.15) is 65.7 Å². The molecule has 0 bridgehead atoms. The molecule has 2 unspecified atom stereocenters. The van der Waals surface area contributed by atoms with E-state index >= 15 is 0 Å². The van der Waals surface area contributed by atoms with Gasteiger partial charge in [0, 0.05) is 19.2 Å². The van der Waals surface area contributed by atoms with Gasteiger partial charge in [0.15, 0.2) is 0 Å². The van der Waals surface area contributed by atoms with Crippen LogP contribution in [0.5, 0.6) is 0 Å². The molecule has 2 nitrogen and oxygen atoms in total. The number of hydrogen-bond donors (Lipinski definition) is 1. The van der Waals surface area contributed by atoms with Gasteiger partial charge in [-0.15, -0.1) is 0 Å². The molecule has 0 spiro atoms. The Morgan fingerprint density at radius 2 is 2.00 bits per heavy atom. The van der Waals surface area contributed by atoms with Crippen molar-refractivity contribution < 1.29 is 4.74 Å². The summed E-state index contributed by atoms with van der Waals surface area (Å²) >= 11 is 0. The molecule has 0 radical (unpaired) electrons. The van der Waals surface area contributed by atoms with Crippen LogP contribution < -0.4 is 5.32 Å². The van der Waals surface area contributed by atoms with Gasteiger partial charge in [-0.2, -0.15) is 0 Å². The average molecular weight is 253 g/mol. The van der Waals surface area contributed by atoms with Gasteiger partial charge in [-0.1, -0.05) is 33.6 Å². The van der Waals surface area contributed by atoms with Gasteiger partial charge >= 0.3 is 0 Å². The van der Waals surface area contributed by atoms with E-state index in [-0.39, 0.29) is 0 Å². The normalized spacial score (nSPS) is 32.0. The van der Waals surface area contributed by atoms with E-state index in [0.717, 1.165) is 6.61 Å². The van der Waals surface area contributed by atoms with Crippen molar-refractivity contribution in [3.8, 4) is 0 Å². The first-order valence-corrected chi connectivity index (χ1v) is 8.00. The van der Waals surface area contributed by atoms with E-state index in [1.807, 2.05) is 0 Å². The quantitative estimate of drug-likeness (QED) is 0.805. The van der Waals surface area contributed by atoms with Crippen LogP contribution in [0.3, 0.4) is 0 Å². The fourth-order valence-corrected chi connectivity index (χ4v) is 3.62. The summed E-state index contributed by atoms with van der Waals surface area (Å²) in [5.41, 5.74) is 0.617. The van der Waals surface area contributed by atoms with Gasteiger partial charge in [0.2, 0.25) is 0 Å². The average Bonchev–Trinajstić information content (AvgIpc) is 2.86. The minimum Gasteiger partial charge on any atom is -0.378 e. The zero-order valence-electron chi connectivity index (χ0n) is 12.5. The maximum Gasteiger partial charge on any atom is 0.0612 e. The Kier molecular flexibility index (Phi) is 5.08. The molecule has 1 N–H and O–H groups in total. The fraction of sp³-hybridized carbons (Fsp3) is 1.00. The van der Waals surface area contributed by atoms with E-state index in [0.29, 0.717) is 23.5 Å². The predicted molar refractivity (Wildman–Crippen MR) is 76.8 cm³/mol. The van der Waals surface area contributed by atoms with Crippen molar-refractivity contribution in [1.82, 2.24) is 5.32 Å². The molecule has 0 aromatic carbocycles. The molecule has 18 heavy (non-hydrogen) atoms. The molecule has 1 saturated heterocycles. The summed E-state index contributed by atoms with van der Waals surface area (Å²) in [5.74, 6) is 0.654. The molecule has 2 rings (SSSR count). The first-order valence-electron chi connectivity index (χ1n) is 8.00. The van der Waals surface area contributed by atoms with E-state index in [1.165, 1.54) is 51.5 Å². The van der Waals surface area contributed by atoms with Gasteiger partial charge in [-0.3, -0.25) is 0 Å². The summed E-state index contributed by atoms with van der Waals surface area (Å²) in [6, 6.07) is 0.690. The molecule has 1 saturated carbocycles. The van der Waals surface area contributed by atoms with E-state index < -0.39 is 0 Å². The Bertz CT molecular complexity index is 245. The molecule has 106 valence electrons. The van der Waals surface area contributed by atoms with Crippen LogP contribution in [0.2, 0.25) is 0 Å². The standard InChI is InChI=1S/C16H31NO/c1-4-16(8-5-6-9-16)12-17-14-7-10-18-15(11-14)13(2)3/h13-15,17H,4-12H2,1-3H3. The zero-order valence-corrected chi connectivity index (χ0v) is 12.5. The second-order valence-corrected chi connectivity index (χ2v) is 6.82. The van der Waals surface area contributed by atoms with Gasteiger partial charge in [0.25, 0.3) is 0 Å². The Hall–Kier alpha value is -0.0800. The Morgan fingerprint density at radius 1 is 1.28 bits per heavy atom. The molecule has 2 aliphatic rings. The highest BCUT2D eigenvalue weighted by molar-refractivity contribution is 4.88. The van der Waals surface area contributed by atoms with E-state index in [2.05, 4.69) is 26.1 Å². The van der Waals surface area contributed by atoms with Crippen LogP contribution in [0, 0.1) is 11.3 Å². The summed E-state index contributed by atoms with van der Waals surface area (Å²) < 4.78 is 5.85. The third kappa shape index (κ3) is 3.48. The van der Waals surface area contributed by atoms with Gasteiger partial charge in [0.05, 0.1) is 6.10 Å². The molecule has 0 amide bonds. The lowest BCUT2D eigenvalue weighted by molar-refractivity contribution is -0.0258. The SMILES string of the molecule is CCC1(CNC2CCOC(C(C)C)C2)CCCC1. The molecule has 2 heteroatoms. The summed E-state index contributed by atoms with van der Waals surface area (Å²) in [5, 5.41) is 3.86. The van der Waals surface area contributed by atoms with Crippen LogP contribution in [-0.4, -0.2) is 25.3 Å². The minimum atomic E-state index is 0.470. The summed E-state index contributed by atoms with van der Waals surface area (Å²) in [6.45, 7) is 9.10. The number of rotatable bonds is 5. The highest BCUT2D eigenvalue weighted by Crippen LogP contribution is 2.40. The van der Waals surface area contributed by atoms with Crippen LogP contribution >= 0.6 is 0 Å². The molecule has 2 fully saturated rings. The van der Waals surface area contributed by atoms with Gasteiger partial charge < -0.3 is 10.1 Å². The first kappa shape index (κ1) is 14.3. The number of hydrogen-bond acceptors (Lipinski definition) is 2. The van der Waals surface area contributed by atoms with E-state index in [1.54, 1.807) is 0 Å². The fourth-order valence-electron chi connectivity index (χ4n) is 3.62. The maximum absolute atomic E-state index is 5.85. The first-order chi connectivity index (χ1) is 8.65. The lowest BCUT2D eigenvalue weighted by Gasteiger charge is -2.36. The second kappa shape index (κ2) is 6.38. The highest BCUT2D eigenvalue weighted by Gasteiger charge is 2.33. The summed E-state index contributed by atoms with van der Waals surface area (Å²) in [7, 11) is 0. The maximum atomic E-state index is 5.85. The van der Waals surface area contributed by atoms with Gasteiger partial charge in [0.1, 0.15) is 0 Å². The van der Waals surface area contributed by atoms with Crippen molar-refractivity contribution in [2.45, 2.75) is 77.9 Å². The van der Waals surface area contributed by atoms with Gasteiger partial charge in [-0.05, 0) is 43.4 Å². The summed E-state index contributed by atoms with van der Waals surface area (Å²) in [4.78, 5) is 0. The molecule has 1 aliphatic carbocycles. The van der Waals surface area contributed by atoms with Crippen molar-refractivity contribution in [3.63, 3.8) is 0 Å². The van der Waals surface area contributed by atoms with Crippen LogP contribution in [0.4, 0.5) is 0 Å². The van der Waals surface area contributed by atoms with Crippen molar-refractivity contribution in [2.75, 3.05) is 13.2 Å². The molecular weight excluding hydrogens is 222 g/mol. The predicted octanol–water partition coefficient (Wildman–Crippen LogP) is 3.75. The van der Waals surface area contributed by atoms with Crippen molar-refractivity contribution in [1.29, 1.82) is 0 Å². The number of ether oxygens (including phenoxy) is 1. The molecule has 1 heterocycles. The minimum absolute atomic E-state index is 0.470. The van der Waals surface area contributed by atoms with Crippen molar-refractivity contribution >= 4 is 0 Å². The smallest absolute Gasteiger partial charge is 0.0612 e. The molecule has 2 atom stereocenters. The second-order valence-electron chi connectivity index (χ2n) is 6.82. The highest BCUT2D eigenvalue weighted by atomic mass is 16.5. The van der Waals surface area contributed by atoms with Crippen molar-refractivity contribution in [3.05, 3.63) is 0 Å². The molecule has 1 aliphatic heterocycles. The Morgan fingerprint density at radius 3 is 2.61 bits per heavy atom. The lowest BCUT2D eigenvalue weighted by Crippen LogP contribution is -2.44. The molecular formula is C16H31NO. The lowest BCUT2D eigenvalue weighted by atomic mass is 9.83. The summed E-state index contributed by atoms with van der Waals surface area (Å²) in [6.07, 6.45) is 9.98. The number of nitrogens with one attached hydrogen (secondary N) is 1. The molecule has 0 aromatic heterocycles. The van der Waals surface area contributed by atoms with Crippen LogP contribution in [0.25, 0.3) is 0 Å². The monoisotopic (exact) mass is 253 g/mol. The molecule has 0 aromatic rings. The largest absolute Gasteiger partial charge is 0.378 e. The third-order valence-electron chi connectivity index (χ3n) is 5.24. The third-order valence-corrected chi connectivity index (χ3v) is 5.24. The Labute approximate surface area is 113 Å². The Balaban J connectivity index is 1.78. The van der Waals surface area contributed by atoms with E-state index in [4.69, 9.17) is 4.74 Å².